The highest BCUT2D eigenvalue weighted by Crippen LogP contribution is 2.49. The third kappa shape index (κ3) is 5.01. The van der Waals surface area contributed by atoms with Gasteiger partial charge >= 0.3 is 0 Å². The second-order valence-electron chi connectivity index (χ2n) is 12.5. The molecule has 9 heteroatoms. The van der Waals surface area contributed by atoms with E-state index in [0.717, 1.165) is 74.4 Å². The van der Waals surface area contributed by atoms with Gasteiger partial charge in [0.15, 0.2) is 5.65 Å². The van der Waals surface area contributed by atoms with Crippen LogP contribution >= 0.6 is 0 Å². The van der Waals surface area contributed by atoms with E-state index in [4.69, 9.17) is 4.98 Å². The Morgan fingerprint density at radius 1 is 0.976 bits per heavy atom. The van der Waals surface area contributed by atoms with E-state index in [2.05, 4.69) is 33.3 Å². The number of hydrogen-bond acceptors (Lipinski definition) is 7. The Hall–Kier alpha value is -3.95. The molecule has 0 spiro atoms. The summed E-state index contributed by atoms with van der Waals surface area (Å²) in [6.07, 6.45) is 5.51. The number of anilines is 3. The van der Waals surface area contributed by atoms with Crippen LogP contribution in [0.2, 0.25) is 0 Å². The van der Waals surface area contributed by atoms with Crippen molar-refractivity contribution in [2.45, 2.75) is 37.3 Å². The Balaban J connectivity index is 1.02. The summed E-state index contributed by atoms with van der Waals surface area (Å²) in [5.74, 6) is 1.46. The number of rotatable bonds is 6. The van der Waals surface area contributed by atoms with Gasteiger partial charge in [-0.05, 0) is 99.6 Å². The lowest BCUT2D eigenvalue weighted by atomic mass is 9.90. The number of nitrogens with zero attached hydrogens (tertiary/aromatic N) is 6. The molecule has 1 amide bonds. The van der Waals surface area contributed by atoms with Crippen LogP contribution in [0.5, 0.6) is 0 Å². The highest BCUT2D eigenvalue weighted by atomic mass is 16.3. The molecule has 0 bridgehead atoms. The maximum Gasteiger partial charge on any atom is 0.253 e. The van der Waals surface area contributed by atoms with Gasteiger partial charge in [0.05, 0.1) is 11.3 Å². The van der Waals surface area contributed by atoms with E-state index in [0.29, 0.717) is 23.3 Å². The molecule has 3 aliphatic rings. The molecule has 2 N–H and O–H groups in total. The molecule has 218 valence electrons. The van der Waals surface area contributed by atoms with Crippen LogP contribution in [0, 0.1) is 11.8 Å². The summed E-state index contributed by atoms with van der Waals surface area (Å²) in [6, 6.07) is 22.1. The van der Waals surface area contributed by atoms with Gasteiger partial charge in [-0.25, -0.2) is 4.52 Å². The summed E-state index contributed by atoms with van der Waals surface area (Å²) in [4.78, 5) is 24.6. The van der Waals surface area contributed by atoms with Crippen LogP contribution < -0.4 is 10.2 Å². The molecular weight excluding hydrogens is 526 g/mol. The number of carbonyl (C=O) groups is 1. The Bertz CT molecular complexity index is 1550. The molecule has 2 aromatic heterocycles. The number of benzene rings is 2. The van der Waals surface area contributed by atoms with Crippen molar-refractivity contribution >= 4 is 28.9 Å². The zero-order chi connectivity index (χ0) is 28.8. The molecule has 2 saturated heterocycles. The zero-order valence-electron chi connectivity index (χ0n) is 24.4. The van der Waals surface area contributed by atoms with Crippen LogP contribution in [-0.2, 0) is 5.60 Å². The van der Waals surface area contributed by atoms with Crippen LogP contribution in [0.1, 0.15) is 41.6 Å². The topological polar surface area (TPSA) is 89.2 Å². The number of aliphatic hydroxyl groups is 1. The SMILES string of the molecule is CN1CCC(N(C)C(=O)c2ccc(Nc3nc4c(N5CC6CC(O)(c7ccccc7)CC6C5)cccn4n3)cc2)CC1. The van der Waals surface area contributed by atoms with Crippen molar-refractivity contribution in [2.75, 3.05) is 50.5 Å². The Kier molecular flexibility index (Phi) is 6.86. The molecule has 3 fully saturated rings. The monoisotopic (exact) mass is 565 g/mol. The minimum absolute atomic E-state index is 0.0594. The fourth-order valence-electron chi connectivity index (χ4n) is 7.30. The predicted octanol–water partition coefficient (Wildman–Crippen LogP) is 4.37. The summed E-state index contributed by atoms with van der Waals surface area (Å²) in [7, 11) is 4.05. The van der Waals surface area contributed by atoms with Gasteiger partial charge in [-0.1, -0.05) is 30.3 Å². The Morgan fingerprint density at radius 3 is 2.36 bits per heavy atom. The summed E-state index contributed by atoms with van der Waals surface area (Å²) >= 11 is 0. The number of piperidine rings is 1. The number of pyridine rings is 1. The average molecular weight is 566 g/mol. The zero-order valence-corrected chi connectivity index (χ0v) is 24.4. The second kappa shape index (κ2) is 10.7. The molecule has 42 heavy (non-hydrogen) atoms. The van der Waals surface area contributed by atoms with E-state index in [1.807, 2.05) is 83.3 Å². The highest BCUT2D eigenvalue weighted by Gasteiger charge is 2.49. The first kappa shape index (κ1) is 26.9. The van der Waals surface area contributed by atoms with E-state index < -0.39 is 5.60 Å². The summed E-state index contributed by atoms with van der Waals surface area (Å²) in [5.41, 5.74) is 3.69. The van der Waals surface area contributed by atoms with Gasteiger partial charge in [0, 0.05) is 43.6 Å². The van der Waals surface area contributed by atoms with Crippen LogP contribution in [0.15, 0.2) is 72.9 Å². The van der Waals surface area contributed by atoms with Gasteiger partial charge in [-0.3, -0.25) is 4.79 Å². The number of aromatic nitrogens is 3. The summed E-state index contributed by atoms with van der Waals surface area (Å²) in [5, 5.41) is 19.4. The van der Waals surface area contributed by atoms with E-state index in [-0.39, 0.29) is 11.9 Å². The van der Waals surface area contributed by atoms with Crippen LogP contribution in [0.25, 0.3) is 5.65 Å². The van der Waals surface area contributed by atoms with E-state index in [1.165, 1.54) is 0 Å². The molecule has 7 rings (SSSR count). The van der Waals surface area contributed by atoms with Crippen molar-refractivity contribution < 1.29 is 9.90 Å². The fraction of sp³-hybridized carbons (Fsp3) is 0.424. The lowest BCUT2D eigenvalue weighted by molar-refractivity contribution is 0.0365. The maximum absolute atomic E-state index is 13.1. The number of amides is 1. The quantitative estimate of drug-likeness (QED) is 0.359. The first-order valence-electron chi connectivity index (χ1n) is 15.1. The number of nitrogens with one attached hydrogen (secondary N) is 1. The first-order valence-corrected chi connectivity index (χ1v) is 15.1. The lowest BCUT2D eigenvalue weighted by Gasteiger charge is -2.35. The molecule has 2 aromatic carbocycles. The number of fused-ring (bicyclic) bond motifs is 2. The van der Waals surface area contributed by atoms with Crippen LogP contribution in [-0.4, -0.2) is 81.7 Å². The number of carbonyl (C=O) groups excluding carboxylic acids is 1. The standard InChI is InChI=1S/C33H39N7O2/c1-37-17-14-28(15-18-37)38(2)31(41)23-10-12-27(13-11-23)34-32-35-30-29(9-6-16-40(30)36-32)39-21-24-19-33(42,20-25(24)22-39)26-7-4-3-5-8-26/h3-13,16,24-25,28,42H,14-15,17-22H2,1-2H3,(H,34,36). The molecule has 2 unspecified atom stereocenters. The fourth-order valence-corrected chi connectivity index (χ4v) is 7.30. The molecule has 4 aromatic rings. The second-order valence-corrected chi connectivity index (χ2v) is 12.5. The van der Waals surface area contributed by atoms with Gasteiger partial charge in [0.2, 0.25) is 5.95 Å². The van der Waals surface area contributed by atoms with Crippen molar-refractivity contribution in [3.63, 3.8) is 0 Å². The number of hydrogen-bond donors (Lipinski definition) is 2. The van der Waals surface area contributed by atoms with Crippen molar-refractivity contribution in [1.82, 2.24) is 24.4 Å². The molecule has 0 radical (unpaired) electrons. The van der Waals surface area contributed by atoms with Gasteiger partial charge in [0.25, 0.3) is 5.91 Å². The van der Waals surface area contributed by atoms with Crippen molar-refractivity contribution in [2.24, 2.45) is 11.8 Å². The summed E-state index contributed by atoms with van der Waals surface area (Å²) in [6.45, 7) is 3.85. The van der Waals surface area contributed by atoms with E-state index in [1.54, 1.807) is 0 Å². The van der Waals surface area contributed by atoms with Gasteiger partial charge in [0.1, 0.15) is 0 Å². The van der Waals surface area contributed by atoms with Gasteiger partial charge < -0.3 is 25.1 Å². The average Bonchev–Trinajstić information content (AvgIpc) is 3.69. The van der Waals surface area contributed by atoms with Crippen molar-refractivity contribution in [3.05, 3.63) is 84.1 Å². The largest absolute Gasteiger partial charge is 0.385 e. The normalized spacial score (nSPS) is 24.7. The molecule has 1 saturated carbocycles. The minimum atomic E-state index is -0.733. The van der Waals surface area contributed by atoms with Crippen molar-refractivity contribution in [1.29, 1.82) is 0 Å². The Labute approximate surface area is 246 Å². The van der Waals surface area contributed by atoms with Gasteiger partial charge in [-0.15, -0.1) is 5.10 Å². The molecule has 2 atom stereocenters. The Morgan fingerprint density at radius 2 is 1.67 bits per heavy atom. The highest BCUT2D eigenvalue weighted by molar-refractivity contribution is 5.94. The first-order chi connectivity index (χ1) is 20.4. The maximum atomic E-state index is 13.1. The van der Waals surface area contributed by atoms with E-state index >= 15 is 0 Å². The molecule has 2 aliphatic heterocycles. The summed E-state index contributed by atoms with van der Waals surface area (Å²) < 4.78 is 1.82. The number of likely N-dealkylation sites (tertiary alicyclic amines) is 1. The molecule has 1 aliphatic carbocycles. The predicted molar refractivity (Wildman–Crippen MR) is 164 cm³/mol. The minimum Gasteiger partial charge on any atom is -0.385 e. The molecular formula is C33H39N7O2. The molecule has 9 nitrogen and oxygen atoms in total. The van der Waals surface area contributed by atoms with Crippen molar-refractivity contribution in [3.8, 4) is 0 Å². The van der Waals surface area contributed by atoms with E-state index in [9.17, 15) is 9.90 Å². The third-order valence-corrected chi connectivity index (χ3v) is 9.71. The smallest absolute Gasteiger partial charge is 0.253 e. The van der Waals surface area contributed by atoms with Crippen LogP contribution in [0.3, 0.4) is 0 Å². The third-order valence-electron chi connectivity index (χ3n) is 9.71. The van der Waals surface area contributed by atoms with Gasteiger partial charge in [-0.2, -0.15) is 4.98 Å². The van der Waals surface area contributed by atoms with Crippen LogP contribution in [0.4, 0.5) is 17.3 Å². The lowest BCUT2D eigenvalue weighted by Crippen LogP contribution is -2.44. The molecule has 4 heterocycles.